The predicted molar refractivity (Wildman–Crippen MR) is 82.6 cm³/mol. The molecule has 2 aromatic rings. The number of halogens is 2. The van der Waals surface area contributed by atoms with Crippen LogP contribution < -0.4 is 0 Å². The molecule has 4 heteroatoms. The van der Waals surface area contributed by atoms with Crippen molar-refractivity contribution in [3.63, 3.8) is 0 Å². The van der Waals surface area contributed by atoms with Crippen molar-refractivity contribution in [2.45, 2.75) is 52.5 Å². The third kappa shape index (κ3) is 2.98. The monoisotopic (exact) mass is 296 g/mol. The first-order valence-electron chi connectivity index (χ1n) is 6.87. The van der Waals surface area contributed by atoms with E-state index in [2.05, 4.69) is 44.2 Å². The molecule has 1 aromatic carbocycles. The summed E-state index contributed by atoms with van der Waals surface area (Å²) in [5, 5.41) is 0. The fourth-order valence-electron chi connectivity index (χ4n) is 3.25. The van der Waals surface area contributed by atoms with Crippen molar-refractivity contribution in [2.24, 2.45) is 5.41 Å². The summed E-state index contributed by atoms with van der Waals surface area (Å²) in [6.07, 6.45) is 0.979. The summed E-state index contributed by atoms with van der Waals surface area (Å²) in [5.41, 5.74) is 1.66. The van der Waals surface area contributed by atoms with Crippen LogP contribution in [0.15, 0.2) is 18.2 Å². The Morgan fingerprint density at radius 3 is 2.40 bits per heavy atom. The molecule has 20 heavy (non-hydrogen) atoms. The van der Waals surface area contributed by atoms with Crippen molar-refractivity contribution in [1.29, 1.82) is 0 Å². The summed E-state index contributed by atoms with van der Waals surface area (Å²) in [4.78, 5) is 4.48. The molecule has 0 spiro atoms. The quantitative estimate of drug-likeness (QED) is 0.722. The Morgan fingerprint density at radius 2 is 1.85 bits per heavy atom. The molecule has 0 bridgehead atoms. The van der Waals surface area contributed by atoms with Gasteiger partial charge in [0.25, 0.3) is 0 Å². The van der Waals surface area contributed by atoms with Gasteiger partial charge in [-0.15, -0.1) is 11.6 Å². The number of fused-ring (bicyclic) bond motifs is 1. The number of aromatic nitrogens is 2. The van der Waals surface area contributed by atoms with Crippen LogP contribution in [0.3, 0.4) is 0 Å². The molecule has 0 N–H and O–H groups in total. The highest BCUT2D eigenvalue weighted by Gasteiger charge is 2.30. The molecule has 2 nitrogen and oxygen atoms in total. The van der Waals surface area contributed by atoms with Gasteiger partial charge in [-0.1, -0.05) is 20.8 Å². The van der Waals surface area contributed by atoms with Crippen molar-refractivity contribution in [1.82, 2.24) is 9.55 Å². The van der Waals surface area contributed by atoms with Gasteiger partial charge in [-0.05, 0) is 37.8 Å². The van der Waals surface area contributed by atoms with Crippen LogP contribution in [0.4, 0.5) is 4.39 Å². The standard InChI is InChI=1S/C16H22ClFN2/c1-15(2,3)10-16(4,5)20-13-7-6-11(18)8-12(13)19-14(20)9-17/h6-8H,9-10H2,1-5H3. The molecule has 110 valence electrons. The lowest BCUT2D eigenvalue weighted by Gasteiger charge is -2.35. The molecule has 0 saturated heterocycles. The van der Waals surface area contributed by atoms with E-state index < -0.39 is 0 Å². The second-order valence-electron chi connectivity index (χ2n) is 7.18. The normalized spacial score (nSPS) is 13.2. The lowest BCUT2D eigenvalue weighted by molar-refractivity contribution is 0.216. The van der Waals surface area contributed by atoms with Gasteiger partial charge in [-0.25, -0.2) is 9.37 Å². The minimum Gasteiger partial charge on any atom is -0.321 e. The number of hydrogen-bond acceptors (Lipinski definition) is 1. The smallest absolute Gasteiger partial charge is 0.125 e. The zero-order valence-electron chi connectivity index (χ0n) is 12.8. The number of alkyl halides is 1. The number of imidazole rings is 1. The zero-order chi connectivity index (χ0) is 15.1. The fraction of sp³-hybridized carbons (Fsp3) is 0.562. The third-order valence-electron chi connectivity index (χ3n) is 3.37. The van der Waals surface area contributed by atoms with Crippen LogP contribution in [0.1, 0.15) is 46.9 Å². The summed E-state index contributed by atoms with van der Waals surface area (Å²) < 4.78 is 15.5. The average Bonchev–Trinajstić information content (AvgIpc) is 2.63. The van der Waals surface area contributed by atoms with E-state index in [-0.39, 0.29) is 16.8 Å². The van der Waals surface area contributed by atoms with Gasteiger partial charge >= 0.3 is 0 Å². The van der Waals surface area contributed by atoms with Gasteiger partial charge in [-0.2, -0.15) is 0 Å². The summed E-state index contributed by atoms with van der Waals surface area (Å²) in [6.45, 7) is 11.0. The van der Waals surface area contributed by atoms with Crippen molar-refractivity contribution >= 4 is 22.6 Å². The van der Waals surface area contributed by atoms with E-state index in [1.165, 1.54) is 12.1 Å². The highest BCUT2D eigenvalue weighted by molar-refractivity contribution is 6.16. The highest BCUT2D eigenvalue weighted by Crippen LogP contribution is 2.36. The van der Waals surface area contributed by atoms with E-state index in [1.54, 1.807) is 6.07 Å². The van der Waals surface area contributed by atoms with Crippen LogP contribution in [0, 0.1) is 11.2 Å². The van der Waals surface area contributed by atoms with Gasteiger partial charge in [0.05, 0.1) is 16.9 Å². The van der Waals surface area contributed by atoms with E-state index in [4.69, 9.17) is 11.6 Å². The molecular formula is C16H22ClFN2. The Hall–Kier alpha value is -1.09. The number of benzene rings is 1. The van der Waals surface area contributed by atoms with Crippen molar-refractivity contribution < 1.29 is 4.39 Å². The summed E-state index contributed by atoms with van der Waals surface area (Å²) in [6, 6.07) is 4.73. The molecule has 0 radical (unpaired) electrons. The van der Waals surface area contributed by atoms with Gasteiger partial charge in [0, 0.05) is 11.6 Å². The van der Waals surface area contributed by atoms with E-state index in [9.17, 15) is 4.39 Å². The van der Waals surface area contributed by atoms with Crippen LogP contribution in [-0.2, 0) is 11.4 Å². The lowest BCUT2D eigenvalue weighted by atomic mass is 9.81. The molecular weight excluding hydrogens is 275 g/mol. The van der Waals surface area contributed by atoms with Gasteiger partial charge < -0.3 is 4.57 Å². The maximum Gasteiger partial charge on any atom is 0.125 e. The highest BCUT2D eigenvalue weighted by atomic mass is 35.5. The molecule has 0 amide bonds. The van der Waals surface area contributed by atoms with E-state index in [0.29, 0.717) is 11.4 Å². The van der Waals surface area contributed by atoms with Gasteiger partial charge in [0.2, 0.25) is 0 Å². The van der Waals surface area contributed by atoms with Crippen molar-refractivity contribution in [3.8, 4) is 0 Å². The molecule has 0 aliphatic heterocycles. The minimum absolute atomic E-state index is 0.130. The number of hydrogen-bond donors (Lipinski definition) is 0. The molecule has 1 aromatic heterocycles. The molecule has 0 saturated carbocycles. The second-order valence-corrected chi connectivity index (χ2v) is 7.45. The Bertz CT molecular complexity index is 623. The molecule has 0 unspecified atom stereocenters. The largest absolute Gasteiger partial charge is 0.321 e. The zero-order valence-corrected chi connectivity index (χ0v) is 13.6. The van der Waals surface area contributed by atoms with E-state index >= 15 is 0 Å². The van der Waals surface area contributed by atoms with Crippen LogP contribution in [-0.4, -0.2) is 9.55 Å². The maximum absolute atomic E-state index is 13.4. The molecule has 0 aliphatic rings. The van der Waals surface area contributed by atoms with Crippen LogP contribution in [0.2, 0.25) is 0 Å². The van der Waals surface area contributed by atoms with Crippen molar-refractivity contribution in [3.05, 3.63) is 29.8 Å². The molecule has 2 rings (SSSR count). The van der Waals surface area contributed by atoms with Gasteiger partial charge in [-0.3, -0.25) is 0 Å². The molecule has 0 atom stereocenters. The van der Waals surface area contributed by atoms with Crippen LogP contribution in [0.25, 0.3) is 11.0 Å². The first-order chi connectivity index (χ1) is 9.14. The van der Waals surface area contributed by atoms with Crippen molar-refractivity contribution in [2.75, 3.05) is 0 Å². The van der Waals surface area contributed by atoms with Gasteiger partial charge in [0.1, 0.15) is 11.6 Å². The minimum atomic E-state index is -0.267. The van der Waals surface area contributed by atoms with E-state index in [0.717, 1.165) is 17.8 Å². The average molecular weight is 297 g/mol. The summed E-state index contributed by atoms with van der Waals surface area (Å²) >= 11 is 6.04. The predicted octanol–water partition coefficient (Wildman–Crippen LogP) is 5.09. The van der Waals surface area contributed by atoms with Crippen LogP contribution >= 0.6 is 11.6 Å². The Morgan fingerprint density at radius 1 is 1.20 bits per heavy atom. The Labute approximate surface area is 125 Å². The number of nitrogens with zero attached hydrogens (tertiary/aromatic N) is 2. The number of rotatable bonds is 3. The SMILES string of the molecule is CC(C)(C)CC(C)(C)n1c(CCl)nc2cc(F)ccc21. The molecule has 0 aliphatic carbocycles. The van der Waals surface area contributed by atoms with Crippen LogP contribution in [0.5, 0.6) is 0 Å². The lowest BCUT2D eigenvalue weighted by Crippen LogP contribution is -2.32. The summed E-state index contributed by atoms with van der Waals surface area (Å²) in [5.74, 6) is 0.850. The first-order valence-corrected chi connectivity index (χ1v) is 7.41. The second kappa shape index (κ2) is 5.03. The Balaban J connectivity index is 2.62. The topological polar surface area (TPSA) is 17.8 Å². The summed E-state index contributed by atoms with van der Waals surface area (Å²) in [7, 11) is 0. The molecule has 0 fully saturated rings. The first kappa shape index (κ1) is 15.3. The molecule has 1 heterocycles. The van der Waals surface area contributed by atoms with Gasteiger partial charge in [0.15, 0.2) is 0 Å². The Kier molecular flexibility index (Phi) is 3.85. The third-order valence-corrected chi connectivity index (χ3v) is 3.61. The van der Waals surface area contributed by atoms with E-state index in [1.807, 2.05) is 0 Å². The maximum atomic E-state index is 13.4. The fourth-order valence-corrected chi connectivity index (χ4v) is 3.42.